The highest BCUT2D eigenvalue weighted by Crippen LogP contribution is 2.24. The van der Waals surface area contributed by atoms with Gasteiger partial charge in [-0.1, -0.05) is 11.6 Å². The van der Waals surface area contributed by atoms with Gasteiger partial charge in [-0.25, -0.2) is 14.4 Å². The van der Waals surface area contributed by atoms with E-state index in [9.17, 15) is 4.39 Å². The molecule has 2 rings (SSSR count). The SMILES string of the molecule is Fc1cncc(-c2cncnc2Cl)c1. The molecule has 3 nitrogen and oxygen atoms in total. The van der Waals surface area contributed by atoms with E-state index in [0.717, 1.165) is 6.20 Å². The maximum atomic E-state index is 12.8. The number of halogens is 2. The second kappa shape index (κ2) is 3.67. The van der Waals surface area contributed by atoms with Crippen LogP contribution >= 0.6 is 11.6 Å². The summed E-state index contributed by atoms with van der Waals surface area (Å²) < 4.78 is 12.8. The van der Waals surface area contributed by atoms with Crippen molar-refractivity contribution in [3.8, 4) is 11.1 Å². The van der Waals surface area contributed by atoms with Gasteiger partial charge in [0.15, 0.2) is 0 Å². The highest BCUT2D eigenvalue weighted by molar-refractivity contribution is 6.32. The summed E-state index contributed by atoms with van der Waals surface area (Å²) in [6.45, 7) is 0. The Labute approximate surface area is 84.6 Å². The van der Waals surface area contributed by atoms with Crippen LogP contribution in [0, 0.1) is 5.82 Å². The van der Waals surface area contributed by atoms with E-state index < -0.39 is 5.82 Å². The van der Waals surface area contributed by atoms with Crippen molar-refractivity contribution < 1.29 is 4.39 Å². The second-order valence-corrected chi connectivity index (χ2v) is 2.98. The van der Waals surface area contributed by atoms with Gasteiger partial charge in [0.25, 0.3) is 0 Å². The first-order chi connectivity index (χ1) is 6.77. The fourth-order valence-electron chi connectivity index (χ4n) is 1.07. The molecule has 0 spiro atoms. The van der Waals surface area contributed by atoms with Crippen molar-refractivity contribution in [1.82, 2.24) is 15.0 Å². The first-order valence-corrected chi connectivity index (χ1v) is 4.21. The van der Waals surface area contributed by atoms with Gasteiger partial charge in [-0.05, 0) is 6.07 Å². The third-order valence-corrected chi connectivity index (χ3v) is 1.98. The van der Waals surface area contributed by atoms with Crippen molar-refractivity contribution in [1.29, 1.82) is 0 Å². The van der Waals surface area contributed by atoms with Crippen molar-refractivity contribution in [3.05, 3.63) is 42.0 Å². The predicted octanol–water partition coefficient (Wildman–Crippen LogP) is 2.33. The zero-order valence-electron chi connectivity index (χ0n) is 6.98. The minimum absolute atomic E-state index is 0.285. The minimum atomic E-state index is -0.414. The molecular formula is C9H5ClFN3. The molecule has 0 saturated carbocycles. The molecule has 0 aliphatic carbocycles. The average molecular weight is 210 g/mol. The molecule has 0 fully saturated rings. The number of nitrogens with zero attached hydrogens (tertiary/aromatic N) is 3. The maximum Gasteiger partial charge on any atom is 0.142 e. The molecule has 0 unspecified atom stereocenters. The highest BCUT2D eigenvalue weighted by atomic mass is 35.5. The predicted molar refractivity (Wildman–Crippen MR) is 50.2 cm³/mol. The third-order valence-electron chi connectivity index (χ3n) is 1.68. The molecule has 5 heteroatoms. The van der Waals surface area contributed by atoms with Crippen LogP contribution in [-0.2, 0) is 0 Å². The van der Waals surface area contributed by atoms with Crippen LogP contribution < -0.4 is 0 Å². The lowest BCUT2D eigenvalue weighted by atomic mass is 10.1. The van der Waals surface area contributed by atoms with Crippen molar-refractivity contribution in [2.45, 2.75) is 0 Å². The number of pyridine rings is 1. The third kappa shape index (κ3) is 1.70. The van der Waals surface area contributed by atoms with E-state index in [1.165, 1.54) is 24.8 Å². The summed E-state index contributed by atoms with van der Waals surface area (Å²) in [6, 6.07) is 1.33. The molecule has 2 heterocycles. The Kier molecular flexibility index (Phi) is 2.37. The molecule has 0 aromatic carbocycles. The van der Waals surface area contributed by atoms with Gasteiger partial charge in [-0.3, -0.25) is 4.98 Å². The molecular weight excluding hydrogens is 205 g/mol. The molecule has 0 radical (unpaired) electrons. The molecule has 0 aliphatic heterocycles. The lowest BCUT2D eigenvalue weighted by molar-refractivity contribution is 0.622. The fraction of sp³-hybridized carbons (Fsp3) is 0. The lowest BCUT2D eigenvalue weighted by Crippen LogP contribution is -1.87. The fourth-order valence-corrected chi connectivity index (χ4v) is 1.27. The Bertz CT molecular complexity index is 461. The first kappa shape index (κ1) is 9.02. The quantitative estimate of drug-likeness (QED) is 0.677. The summed E-state index contributed by atoms with van der Waals surface area (Å²) >= 11 is 5.81. The van der Waals surface area contributed by atoms with E-state index in [-0.39, 0.29) is 5.15 Å². The summed E-state index contributed by atoms with van der Waals surface area (Å²) in [7, 11) is 0. The molecule has 0 saturated heterocycles. The second-order valence-electron chi connectivity index (χ2n) is 2.62. The van der Waals surface area contributed by atoms with E-state index in [1.54, 1.807) is 0 Å². The molecule has 14 heavy (non-hydrogen) atoms. The number of aromatic nitrogens is 3. The zero-order valence-corrected chi connectivity index (χ0v) is 7.74. The Hall–Kier alpha value is -1.55. The van der Waals surface area contributed by atoms with Gasteiger partial charge in [-0.15, -0.1) is 0 Å². The van der Waals surface area contributed by atoms with Gasteiger partial charge < -0.3 is 0 Å². The van der Waals surface area contributed by atoms with Crippen molar-refractivity contribution in [2.75, 3.05) is 0 Å². The van der Waals surface area contributed by atoms with Crippen molar-refractivity contribution >= 4 is 11.6 Å². The largest absolute Gasteiger partial charge is 0.261 e. The number of rotatable bonds is 1. The van der Waals surface area contributed by atoms with E-state index in [4.69, 9.17) is 11.6 Å². The smallest absolute Gasteiger partial charge is 0.142 e. The molecule has 0 aliphatic rings. The van der Waals surface area contributed by atoms with Crippen LogP contribution in [0.15, 0.2) is 31.0 Å². The van der Waals surface area contributed by atoms with Crippen LogP contribution in [0.5, 0.6) is 0 Å². The van der Waals surface area contributed by atoms with Crippen LogP contribution in [0.1, 0.15) is 0 Å². The van der Waals surface area contributed by atoms with Gasteiger partial charge in [0.05, 0.1) is 6.20 Å². The van der Waals surface area contributed by atoms with Crippen LogP contribution in [-0.4, -0.2) is 15.0 Å². The summed E-state index contributed by atoms with van der Waals surface area (Å²) in [6.07, 6.45) is 5.49. The Morgan fingerprint density at radius 1 is 1.14 bits per heavy atom. The van der Waals surface area contributed by atoms with E-state index >= 15 is 0 Å². The van der Waals surface area contributed by atoms with Crippen molar-refractivity contribution in [3.63, 3.8) is 0 Å². The molecule has 0 bridgehead atoms. The minimum Gasteiger partial charge on any atom is -0.261 e. The zero-order chi connectivity index (χ0) is 9.97. The van der Waals surface area contributed by atoms with Crippen LogP contribution in [0.25, 0.3) is 11.1 Å². The van der Waals surface area contributed by atoms with Crippen LogP contribution in [0.2, 0.25) is 5.15 Å². The summed E-state index contributed by atoms with van der Waals surface area (Å²) in [4.78, 5) is 11.3. The molecule has 70 valence electrons. The number of hydrogen-bond acceptors (Lipinski definition) is 3. The van der Waals surface area contributed by atoms with Crippen LogP contribution in [0.4, 0.5) is 4.39 Å². The Morgan fingerprint density at radius 2 is 2.00 bits per heavy atom. The normalized spacial score (nSPS) is 10.1. The summed E-state index contributed by atoms with van der Waals surface area (Å²) in [5.74, 6) is -0.414. The Morgan fingerprint density at radius 3 is 2.71 bits per heavy atom. The number of hydrogen-bond donors (Lipinski definition) is 0. The summed E-state index contributed by atoms with van der Waals surface area (Å²) in [5.41, 5.74) is 1.14. The summed E-state index contributed by atoms with van der Waals surface area (Å²) in [5, 5.41) is 0.285. The molecule has 2 aromatic rings. The van der Waals surface area contributed by atoms with Crippen molar-refractivity contribution in [2.24, 2.45) is 0 Å². The van der Waals surface area contributed by atoms with Gasteiger partial charge in [0.1, 0.15) is 17.3 Å². The molecule has 0 N–H and O–H groups in total. The van der Waals surface area contributed by atoms with Gasteiger partial charge >= 0.3 is 0 Å². The standard InChI is InChI=1S/C9H5ClFN3/c10-9-8(4-13-5-14-9)6-1-7(11)3-12-2-6/h1-5H. The van der Waals surface area contributed by atoms with Crippen LogP contribution in [0.3, 0.4) is 0 Å². The van der Waals surface area contributed by atoms with Gasteiger partial charge in [0, 0.05) is 23.5 Å². The Balaban J connectivity index is 2.55. The highest BCUT2D eigenvalue weighted by Gasteiger charge is 2.05. The average Bonchev–Trinajstić information content (AvgIpc) is 2.18. The van der Waals surface area contributed by atoms with Gasteiger partial charge in [-0.2, -0.15) is 0 Å². The lowest BCUT2D eigenvalue weighted by Gasteiger charge is -2.01. The van der Waals surface area contributed by atoms with E-state index in [1.807, 2.05) is 0 Å². The maximum absolute atomic E-state index is 12.8. The van der Waals surface area contributed by atoms with E-state index in [2.05, 4.69) is 15.0 Å². The molecule has 0 atom stereocenters. The van der Waals surface area contributed by atoms with Gasteiger partial charge in [0.2, 0.25) is 0 Å². The topological polar surface area (TPSA) is 38.7 Å². The first-order valence-electron chi connectivity index (χ1n) is 3.84. The molecule has 2 aromatic heterocycles. The monoisotopic (exact) mass is 209 g/mol. The molecule has 0 amide bonds. The van der Waals surface area contributed by atoms with E-state index in [0.29, 0.717) is 11.1 Å².